The molecule has 0 spiro atoms. The van der Waals surface area contributed by atoms with E-state index in [0.29, 0.717) is 6.54 Å². The first-order valence-electron chi connectivity index (χ1n) is 8.22. The fourth-order valence-electron chi connectivity index (χ4n) is 2.15. The lowest BCUT2D eigenvalue weighted by Crippen LogP contribution is -2.39. The van der Waals surface area contributed by atoms with E-state index in [2.05, 4.69) is 10.3 Å². The summed E-state index contributed by atoms with van der Waals surface area (Å²) in [6.07, 6.45) is 4.43. The lowest BCUT2D eigenvalue weighted by Gasteiger charge is -2.17. The van der Waals surface area contributed by atoms with Crippen molar-refractivity contribution < 1.29 is 14.3 Å². The van der Waals surface area contributed by atoms with Gasteiger partial charge in [0.25, 0.3) is 0 Å². The molecule has 0 radical (unpaired) electrons. The van der Waals surface area contributed by atoms with E-state index in [9.17, 15) is 9.59 Å². The molecule has 1 heterocycles. The van der Waals surface area contributed by atoms with Crippen molar-refractivity contribution in [1.29, 1.82) is 0 Å². The maximum Gasteiger partial charge on any atom is 0.241 e. The van der Waals surface area contributed by atoms with Gasteiger partial charge < -0.3 is 15.0 Å². The summed E-state index contributed by atoms with van der Waals surface area (Å²) in [6.45, 7) is 0.870. The molecule has 2 aromatic rings. The first-order valence-corrected chi connectivity index (χ1v) is 8.22. The number of pyridine rings is 1. The minimum Gasteiger partial charge on any atom is -0.493 e. The van der Waals surface area contributed by atoms with Crippen molar-refractivity contribution in [3.63, 3.8) is 0 Å². The number of benzene rings is 1. The van der Waals surface area contributed by atoms with Gasteiger partial charge in [0.05, 0.1) is 19.6 Å². The Kier molecular flexibility index (Phi) is 7.43. The second-order valence-corrected chi connectivity index (χ2v) is 5.61. The van der Waals surface area contributed by atoms with E-state index in [-0.39, 0.29) is 31.4 Å². The van der Waals surface area contributed by atoms with Crippen LogP contribution in [0.2, 0.25) is 0 Å². The molecule has 2 amide bonds. The highest BCUT2D eigenvalue weighted by Crippen LogP contribution is 2.08. The van der Waals surface area contributed by atoms with E-state index in [0.717, 1.165) is 17.7 Å². The summed E-state index contributed by atoms with van der Waals surface area (Å²) < 4.78 is 5.46. The van der Waals surface area contributed by atoms with Crippen molar-refractivity contribution in [1.82, 2.24) is 15.2 Å². The third-order valence-corrected chi connectivity index (χ3v) is 3.69. The van der Waals surface area contributed by atoms with Gasteiger partial charge in [-0.25, -0.2) is 0 Å². The number of hydrogen-bond acceptors (Lipinski definition) is 4. The summed E-state index contributed by atoms with van der Waals surface area (Å²) in [4.78, 5) is 29.4. The molecular formula is C19H23N3O3. The average Bonchev–Trinajstić information content (AvgIpc) is 2.66. The lowest BCUT2D eigenvalue weighted by molar-refractivity contribution is -0.131. The standard InChI is InChI=1S/C19H23N3O3/c1-22(13-9-16-7-11-20-12-8-16)19(24)15-21-18(23)10-14-25-17-5-3-2-4-6-17/h2-8,11-12H,9-10,13-15H2,1H3,(H,21,23). The number of rotatable bonds is 9. The minimum absolute atomic E-state index is 0.00296. The van der Waals surface area contributed by atoms with E-state index in [4.69, 9.17) is 4.74 Å². The molecule has 0 aliphatic heterocycles. The smallest absolute Gasteiger partial charge is 0.241 e. The van der Waals surface area contributed by atoms with Crippen LogP contribution in [0.5, 0.6) is 5.75 Å². The fraction of sp³-hybridized carbons (Fsp3) is 0.316. The highest BCUT2D eigenvalue weighted by molar-refractivity contribution is 5.84. The van der Waals surface area contributed by atoms with Crippen LogP contribution in [0, 0.1) is 0 Å². The van der Waals surface area contributed by atoms with Gasteiger partial charge in [0.1, 0.15) is 5.75 Å². The number of nitrogens with one attached hydrogen (secondary N) is 1. The molecule has 0 unspecified atom stereocenters. The van der Waals surface area contributed by atoms with E-state index in [1.807, 2.05) is 42.5 Å². The number of para-hydroxylation sites is 1. The molecule has 6 nitrogen and oxygen atoms in total. The summed E-state index contributed by atoms with van der Waals surface area (Å²) in [5, 5.41) is 2.63. The van der Waals surface area contributed by atoms with Crippen LogP contribution in [0.25, 0.3) is 0 Å². The van der Waals surface area contributed by atoms with Crippen molar-refractivity contribution >= 4 is 11.8 Å². The largest absolute Gasteiger partial charge is 0.493 e. The highest BCUT2D eigenvalue weighted by Gasteiger charge is 2.10. The van der Waals surface area contributed by atoms with Gasteiger partial charge in [-0.15, -0.1) is 0 Å². The molecule has 0 saturated carbocycles. The molecule has 132 valence electrons. The van der Waals surface area contributed by atoms with Gasteiger partial charge in [-0.2, -0.15) is 0 Å². The van der Waals surface area contributed by atoms with Crippen molar-refractivity contribution in [2.45, 2.75) is 12.8 Å². The number of carbonyl (C=O) groups excluding carboxylic acids is 2. The fourth-order valence-corrected chi connectivity index (χ4v) is 2.15. The SMILES string of the molecule is CN(CCc1ccncc1)C(=O)CNC(=O)CCOc1ccccc1. The Morgan fingerprint density at radius 3 is 2.56 bits per heavy atom. The molecule has 1 N–H and O–H groups in total. The predicted molar refractivity (Wildman–Crippen MR) is 95.1 cm³/mol. The molecule has 0 atom stereocenters. The van der Waals surface area contributed by atoms with Gasteiger partial charge in [-0.05, 0) is 36.2 Å². The molecule has 0 bridgehead atoms. The summed E-state index contributed by atoms with van der Waals surface area (Å²) in [7, 11) is 1.73. The summed E-state index contributed by atoms with van der Waals surface area (Å²) in [5.41, 5.74) is 1.12. The zero-order valence-corrected chi connectivity index (χ0v) is 14.4. The predicted octanol–water partition coefficient (Wildman–Crippen LogP) is 1.67. The Bertz CT molecular complexity index is 662. The van der Waals surface area contributed by atoms with Gasteiger partial charge in [0.2, 0.25) is 11.8 Å². The molecule has 1 aromatic heterocycles. The van der Waals surface area contributed by atoms with Crippen molar-refractivity contribution in [2.24, 2.45) is 0 Å². The van der Waals surface area contributed by atoms with Crippen molar-refractivity contribution in [2.75, 3.05) is 26.7 Å². The van der Waals surface area contributed by atoms with Gasteiger partial charge in [0, 0.05) is 26.0 Å². The monoisotopic (exact) mass is 341 g/mol. The molecule has 0 aliphatic carbocycles. The quantitative estimate of drug-likeness (QED) is 0.753. The molecule has 0 saturated heterocycles. The summed E-state index contributed by atoms with van der Waals surface area (Å²) in [5.74, 6) is 0.403. The van der Waals surface area contributed by atoms with Crippen LogP contribution >= 0.6 is 0 Å². The third-order valence-electron chi connectivity index (χ3n) is 3.69. The van der Waals surface area contributed by atoms with Crippen molar-refractivity contribution in [3.05, 3.63) is 60.4 Å². The van der Waals surface area contributed by atoms with E-state index in [1.54, 1.807) is 24.3 Å². The highest BCUT2D eigenvalue weighted by atomic mass is 16.5. The summed E-state index contributed by atoms with van der Waals surface area (Å²) >= 11 is 0. The third kappa shape index (κ3) is 7.03. The number of ether oxygens (including phenoxy) is 1. The first-order chi connectivity index (χ1) is 12.1. The van der Waals surface area contributed by atoms with Gasteiger partial charge in [0.15, 0.2) is 0 Å². The van der Waals surface area contributed by atoms with E-state index in [1.165, 1.54) is 0 Å². The van der Waals surface area contributed by atoms with Crippen LogP contribution in [0.1, 0.15) is 12.0 Å². The maximum absolute atomic E-state index is 12.0. The summed E-state index contributed by atoms with van der Waals surface area (Å²) in [6, 6.07) is 13.2. The average molecular weight is 341 g/mol. The molecule has 0 aliphatic rings. The van der Waals surface area contributed by atoms with Crippen LogP contribution in [-0.4, -0.2) is 48.4 Å². The number of aromatic nitrogens is 1. The lowest BCUT2D eigenvalue weighted by atomic mass is 10.2. The van der Waals surface area contributed by atoms with Gasteiger partial charge in [-0.3, -0.25) is 14.6 Å². The van der Waals surface area contributed by atoms with E-state index < -0.39 is 0 Å². The molecule has 6 heteroatoms. The Labute approximate surface area is 147 Å². The molecule has 25 heavy (non-hydrogen) atoms. The van der Waals surface area contributed by atoms with Crippen LogP contribution < -0.4 is 10.1 Å². The molecular weight excluding hydrogens is 318 g/mol. The van der Waals surface area contributed by atoms with Crippen LogP contribution in [0.3, 0.4) is 0 Å². The molecule has 1 aromatic carbocycles. The van der Waals surface area contributed by atoms with E-state index >= 15 is 0 Å². The van der Waals surface area contributed by atoms with Gasteiger partial charge in [-0.1, -0.05) is 18.2 Å². The molecule has 0 fully saturated rings. The second-order valence-electron chi connectivity index (χ2n) is 5.61. The van der Waals surface area contributed by atoms with Gasteiger partial charge >= 0.3 is 0 Å². The number of amides is 2. The zero-order valence-electron chi connectivity index (χ0n) is 14.4. The van der Waals surface area contributed by atoms with Crippen molar-refractivity contribution in [3.8, 4) is 5.75 Å². The minimum atomic E-state index is -0.202. The first kappa shape index (κ1) is 18.4. The Balaban J connectivity index is 1.60. The Hall–Kier alpha value is -2.89. The number of nitrogens with zero attached hydrogens (tertiary/aromatic N) is 2. The maximum atomic E-state index is 12.0. The molecule has 2 rings (SSSR count). The van der Waals surface area contributed by atoms with Crippen LogP contribution in [0.4, 0.5) is 0 Å². The Morgan fingerprint density at radius 1 is 1.12 bits per heavy atom. The number of carbonyl (C=O) groups is 2. The van der Waals surface area contributed by atoms with Crippen LogP contribution in [0.15, 0.2) is 54.9 Å². The number of hydrogen-bond donors (Lipinski definition) is 1. The number of likely N-dealkylation sites (N-methyl/N-ethyl adjacent to an activating group) is 1. The normalized spacial score (nSPS) is 10.1. The zero-order chi connectivity index (χ0) is 17.9. The Morgan fingerprint density at radius 2 is 1.84 bits per heavy atom. The van der Waals surface area contributed by atoms with Crippen LogP contribution in [-0.2, 0) is 16.0 Å². The second kappa shape index (κ2) is 10.1. The topological polar surface area (TPSA) is 71.5 Å².